The Morgan fingerprint density at radius 2 is 1.02 bits per heavy atom. The van der Waals surface area contributed by atoms with Gasteiger partial charge in [0.1, 0.15) is 5.75 Å². The average molecular weight is 555 g/mol. The van der Waals surface area contributed by atoms with Gasteiger partial charge in [-0.1, -0.05) is 110 Å². The van der Waals surface area contributed by atoms with Crippen LogP contribution in [0, 0.1) is 0 Å². The van der Waals surface area contributed by atoms with Gasteiger partial charge >= 0.3 is 0 Å². The summed E-state index contributed by atoms with van der Waals surface area (Å²) in [6.45, 7) is 3.97. The fraction of sp³-hybridized carbons (Fsp3) is 0.231. The molecule has 0 fully saturated rings. The van der Waals surface area contributed by atoms with Crippen molar-refractivity contribution in [1.82, 2.24) is 0 Å². The maximum atomic E-state index is 5.71. The van der Waals surface area contributed by atoms with Crippen molar-refractivity contribution in [1.29, 1.82) is 0 Å². The van der Waals surface area contributed by atoms with Crippen molar-refractivity contribution in [2.24, 2.45) is 0 Å². The second-order valence-corrected chi connectivity index (χ2v) is 11.1. The summed E-state index contributed by atoms with van der Waals surface area (Å²) in [4.78, 5) is 4.61. The SMILES string of the molecule is CCCc1cc(C(c2ccc(N(C)Cc3ccccc3)cc2)c2ccc(N(C)Cc3ccccc3)cc2)ccc1OC. The lowest BCUT2D eigenvalue weighted by Gasteiger charge is -2.24. The fourth-order valence-electron chi connectivity index (χ4n) is 5.76. The molecule has 3 heteroatoms. The molecular formula is C39H42N2O. The van der Waals surface area contributed by atoms with E-state index in [1.807, 2.05) is 0 Å². The summed E-state index contributed by atoms with van der Waals surface area (Å²) in [7, 11) is 6.08. The van der Waals surface area contributed by atoms with Crippen LogP contribution in [0.25, 0.3) is 0 Å². The molecular weight excluding hydrogens is 512 g/mol. The van der Waals surface area contributed by atoms with Gasteiger partial charge in [0.05, 0.1) is 7.11 Å². The van der Waals surface area contributed by atoms with E-state index in [4.69, 9.17) is 4.74 Å². The van der Waals surface area contributed by atoms with Gasteiger partial charge in [0.15, 0.2) is 0 Å². The summed E-state index contributed by atoms with van der Waals surface area (Å²) in [5.74, 6) is 1.09. The highest BCUT2D eigenvalue weighted by Crippen LogP contribution is 2.36. The van der Waals surface area contributed by atoms with Gasteiger partial charge in [-0.25, -0.2) is 0 Å². The van der Waals surface area contributed by atoms with E-state index in [1.54, 1.807) is 7.11 Å². The molecule has 5 aromatic rings. The molecule has 0 amide bonds. The maximum absolute atomic E-state index is 5.71. The van der Waals surface area contributed by atoms with Crippen molar-refractivity contribution >= 4 is 11.4 Å². The summed E-state index contributed by atoms with van der Waals surface area (Å²) in [5.41, 5.74) is 10.1. The standard InChI is InChI=1S/C39H42N2O/c1-5-12-34-27-35(21-26-38(34)42-4)39(32-17-22-36(23-18-32)40(2)28-30-13-8-6-9-14-30)33-19-24-37(25-20-33)41(3)29-31-15-10-7-11-16-31/h6-11,13-27,39H,5,12,28-29H2,1-4H3. The second kappa shape index (κ2) is 13.9. The van der Waals surface area contributed by atoms with Crippen LogP contribution >= 0.6 is 0 Å². The monoisotopic (exact) mass is 554 g/mol. The maximum Gasteiger partial charge on any atom is 0.122 e. The van der Waals surface area contributed by atoms with Crippen LogP contribution < -0.4 is 14.5 Å². The van der Waals surface area contributed by atoms with Gasteiger partial charge in [0, 0.05) is 44.5 Å². The highest BCUT2D eigenvalue weighted by atomic mass is 16.5. The van der Waals surface area contributed by atoms with Crippen molar-refractivity contribution in [2.75, 3.05) is 31.0 Å². The van der Waals surface area contributed by atoms with E-state index in [0.717, 1.165) is 31.7 Å². The third kappa shape index (κ3) is 7.03. The zero-order valence-corrected chi connectivity index (χ0v) is 25.3. The minimum Gasteiger partial charge on any atom is -0.496 e. The van der Waals surface area contributed by atoms with Crippen molar-refractivity contribution in [3.05, 3.63) is 161 Å². The predicted molar refractivity (Wildman–Crippen MR) is 178 cm³/mol. The Hall–Kier alpha value is -4.50. The fourth-order valence-corrected chi connectivity index (χ4v) is 5.76. The molecule has 0 unspecified atom stereocenters. The number of aryl methyl sites for hydroxylation is 1. The lowest BCUT2D eigenvalue weighted by atomic mass is 9.84. The van der Waals surface area contributed by atoms with Gasteiger partial charge in [0.25, 0.3) is 0 Å². The zero-order chi connectivity index (χ0) is 29.3. The Kier molecular flexibility index (Phi) is 9.61. The molecule has 0 bridgehead atoms. The number of anilines is 2. The Bertz CT molecular complexity index is 1440. The van der Waals surface area contributed by atoms with E-state index >= 15 is 0 Å². The summed E-state index contributed by atoms with van der Waals surface area (Å²) in [5, 5.41) is 0. The second-order valence-electron chi connectivity index (χ2n) is 11.1. The van der Waals surface area contributed by atoms with Crippen LogP contribution in [0.3, 0.4) is 0 Å². The molecule has 0 spiro atoms. The Labute approximate surface area is 252 Å². The van der Waals surface area contributed by atoms with E-state index in [1.165, 1.54) is 44.8 Å². The molecule has 0 atom stereocenters. The number of hydrogen-bond acceptors (Lipinski definition) is 3. The number of rotatable bonds is 12. The molecule has 3 nitrogen and oxygen atoms in total. The van der Waals surface area contributed by atoms with Crippen molar-refractivity contribution < 1.29 is 4.74 Å². The van der Waals surface area contributed by atoms with Gasteiger partial charge in [0.2, 0.25) is 0 Å². The largest absolute Gasteiger partial charge is 0.496 e. The Balaban J connectivity index is 1.46. The molecule has 0 saturated carbocycles. The predicted octanol–water partition coefficient (Wildman–Crippen LogP) is 9.10. The van der Waals surface area contributed by atoms with Crippen LogP contribution in [-0.4, -0.2) is 21.2 Å². The minimum atomic E-state index is 0.119. The first kappa shape index (κ1) is 29.0. The summed E-state index contributed by atoms with van der Waals surface area (Å²) in [6, 6.07) is 46.2. The molecule has 5 rings (SSSR count). The first-order chi connectivity index (χ1) is 20.6. The number of hydrogen-bond donors (Lipinski definition) is 0. The van der Waals surface area contributed by atoms with Crippen LogP contribution in [0.4, 0.5) is 11.4 Å². The molecule has 214 valence electrons. The summed E-state index contributed by atoms with van der Waals surface area (Å²) in [6.07, 6.45) is 2.07. The quantitative estimate of drug-likeness (QED) is 0.143. The van der Waals surface area contributed by atoms with Crippen LogP contribution in [0.2, 0.25) is 0 Å². The van der Waals surface area contributed by atoms with Crippen LogP contribution in [0.5, 0.6) is 5.75 Å². The Morgan fingerprint density at radius 1 is 0.571 bits per heavy atom. The van der Waals surface area contributed by atoms with Gasteiger partial charge in [-0.05, 0) is 70.1 Å². The van der Waals surface area contributed by atoms with Crippen molar-refractivity contribution in [3.63, 3.8) is 0 Å². The zero-order valence-electron chi connectivity index (χ0n) is 25.3. The third-order valence-corrected chi connectivity index (χ3v) is 8.02. The Morgan fingerprint density at radius 3 is 1.45 bits per heavy atom. The van der Waals surface area contributed by atoms with E-state index in [-0.39, 0.29) is 5.92 Å². The van der Waals surface area contributed by atoms with Crippen LogP contribution in [0.1, 0.15) is 52.6 Å². The molecule has 0 aliphatic rings. The highest BCUT2D eigenvalue weighted by Gasteiger charge is 2.19. The van der Waals surface area contributed by atoms with E-state index in [0.29, 0.717) is 0 Å². The van der Waals surface area contributed by atoms with E-state index < -0.39 is 0 Å². The molecule has 0 radical (unpaired) electrons. The van der Waals surface area contributed by atoms with Gasteiger partial charge in [-0.15, -0.1) is 0 Å². The lowest BCUT2D eigenvalue weighted by Crippen LogP contribution is -2.16. The lowest BCUT2D eigenvalue weighted by molar-refractivity contribution is 0.409. The highest BCUT2D eigenvalue weighted by molar-refractivity contribution is 5.55. The molecule has 0 aliphatic heterocycles. The first-order valence-electron chi connectivity index (χ1n) is 14.9. The molecule has 0 aromatic heterocycles. The summed E-state index contributed by atoms with van der Waals surface area (Å²) < 4.78 is 5.71. The van der Waals surface area contributed by atoms with Crippen molar-refractivity contribution in [2.45, 2.75) is 38.8 Å². The van der Waals surface area contributed by atoms with Crippen LogP contribution in [-0.2, 0) is 19.5 Å². The number of benzene rings is 5. The average Bonchev–Trinajstić information content (AvgIpc) is 3.03. The smallest absolute Gasteiger partial charge is 0.122 e. The first-order valence-corrected chi connectivity index (χ1v) is 14.9. The molecule has 42 heavy (non-hydrogen) atoms. The van der Waals surface area contributed by atoms with E-state index in [2.05, 4.69) is 158 Å². The van der Waals surface area contributed by atoms with Crippen molar-refractivity contribution in [3.8, 4) is 5.75 Å². The normalized spacial score (nSPS) is 11.0. The molecule has 0 aliphatic carbocycles. The van der Waals surface area contributed by atoms with Gasteiger partial charge < -0.3 is 14.5 Å². The molecule has 0 heterocycles. The molecule has 0 N–H and O–H groups in total. The number of methoxy groups -OCH3 is 1. The van der Waals surface area contributed by atoms with Gasteiger partial charge in [-0.2, -0.15) is 0 Å². The van der Waals surface area contributed by atoms with E-state index in [9.17, 15) is 0 Å². The number of nitrogens with zero attached hydrogens (tertiary/aromatic N) is 2. The minimum absolute atomic E-state index is 0.119. The third-order valence-electron chi connectivity index (χ3n) is 8.02. The molecule has 0 saturated heterocycles. The van der Waals surface area contributed by atoms with Crippen LogP contribution in [0.15, 0.2) is 127 Å². The number of ether oxygens (including phenoxy) is 1. The topological polar surface area (TPSA) is 15.7 Å². The molecule has 5 aromatic carbocycles. The van der Waals surface area contributed by atoms with Gasteiger partial charge in [-0.3, -0.25) is 0 Å². The summed E-state index contributed by atoms with van der Waals surface area (Å²) >= 11 is 0.